The van der Waals surface area contributed by atoms with Crippen molar-refractivity contribution < 1.29 is 28.6 Å². The Hall–Kier alpha value is -3.15. The largest absolute Gasteiger partial charge is 0.462 e. The van der Waals surface area contributed by atoms with Crippen molar-refractivity contribution in [3.63, 3.8) is 0 Å². The maximum atomic E-state index is 13.0. The van der Waals surface area contributed by atoms with Crippen molar-refractivity contribution >= 4 is 17.9 Å². The van der Waals surface area contributed by atoms with Crippen LogP contribution < -0.4 is 0 Å². The van der Waals surface area contributed by atoms with Gasteiger partial charge in [-0.3, -0.25) is 14.4 Å². The third-order valence-electron chi connectivity index (χ3n) is 16.2. The summed E-state index contributed by atoms with van der Waals surface area (Å²) in [5.74, 6) is -0.882. The summed E-state index contributed by atoms with van der Waals surface area (Å²) in [5.41, 5.74) is 0. The SMILES string of the molecule is CC/C=C\C/C=C\C/C=C\C/C=C\C/C=C\C/C=C\CCCCCCC(=O)OC(COC(=O)CCCCCCCCCCCCCCCC)COC(=O)CCCCCCCCCCCCCCCCCCCCCCCCCCCCCC. The summed E-state index contributed by atoms with van der Waals surface area (Å²) in [6.45, 7) is 6.57. The van der Waals surface area contributed by atoms with E-state index < -0.39 is 6.10 Å². The molecule has 0 aromatic rings. The van der Waals surface area contributed by atoms with Crippen LogP contribution in [-0.4, -0.2) is 37.2 Å². The molecule has 0 N–H and O–H groups in total. The molecule has 1 unspecified atom stereocenters. The molecule has 6 nitrogen and oxygen atoms in total. The van der Waals surface area contributed by atoms with E-state index in [0.29, 0.717) is 19.3 Å². The van der Waals surface area contributed by atoms with E-state index in [0.717, 1.165) is 109 Å². The fourth-order valence-corrected chi connectivity index (χ4v) is 10.8. The number of hydrogen-bond acceptors (Lipinski definition) is 6. The van der Waals surface area contributed by atoms with Gasteiger partial charge in [-0.2, -0.15) is 0 Å². The highest BCUT2D eigenvalue weighted by Gasteiger charge is 2.19. The van der Waals surface area contributed by atoms with Crippen molar-refractivity contribution in [1.29, 1.82) is 0 Å². The Bertz CT molecular complexity index is 1520. The van der Waals surface area contributed by atoms with Crippen molar-refractivity contribution in [3.05, 3.63) is 72.9 Å². The molecule has 0 aliphatic rings. The van der Waals surface area contributed by atoms with Crippen molar-refractivity contribution in [1.82, 2.24) is 0 Å². The van der Waals surface area contributed by atoms with Crippen LogP contribution in [0.25, 0.3) is 0 Å². The molecule has 6 heteroatoms. The Morgan fingerprint density at radius 2 is 0.470 bits per heavy atom. The van der Waals surface area contributed by atoms with Gasteiger partial charge in [-0.05, 0) is 70.6 Å². The summed E-state index contributed by atoms with van der Waals surface area (Å²) < 4.78 is 17.0. The molecule has 0 heterocycles. The maximum Gasteiger partial charge on any atom is 0.306 e. The highest BCUT2D eigenvalue weighted by atomic mass is 16.6. The monoisotopic (exact) mass is 1160 g/mol. The number of ether oxygens (including phenoxy) is 3. The molecule has 0 aliphatic heterocycles. The zero-order valence-electron chi connectivity index (χ0n) is 55.5. The molecule has 83 heavy (non-hydrogen) atoms. The second kappa shape index (κ2) is 71.3. The van der Waals surface area contributed by atoms with Gasteiger partial charge in [-0.25, -0.2) is 0 Å². The van der Waals surface area contributed by atoms with Gasteiger partial charge in [0, 0.05) is 19.3 Å². The molecule has 0 amide bonds. The number of esters is 3. The van der Waals surface area contributed by atoms with Gasteiger partial charge < -0.3 is 14.2 Å². The van der Waals surface area contributed by atoms with Crippen molar-refractivity contribution in [2.45, 2.75) is 386 Å². The zero-order valence-corrected chi connectivity index (χ0v) is 55.5. The van der Waals surface area contributed by atoms with Gasteiger partial charge in [0.15, 0.2) is 6.10 Å². The van der Waals surface area contributed by atoms with E-state index in [1.807, 2.05) is 0 Å². The second-order valence-corrected chi connectivity index (χ2v) is 24.5. The molecule has 0 aliphatic carbocycles. The van der Waals surface area contributed by atoms with E-state index in [1.54, 1.807) is 0 Å². The van der Waals surface area contributed by atoms with Crippen LogP contribution in [0.2, 0.25) is 0 Å². The standard InChI is InChI=1S/C77H138O6/c1-4-7-10-13-16-19-22-25-28-30-32-34-36-37-38-39-40-42-43-45-47-49-52-55-58-61-64-67-70-76(79)82-73-74(72-81-75(78)69-66-63-60-57-54-51-27-24-21-18-15-12-9-6-3)83-77(80)71-68-65-62-59-56-53-50-48-46-44-41-35-33-31-29-26-23-20-17-14-11-8-5-2/h8,11,17,20,26,29,33,35,44,46,50,53,74H,4-7,9-10,12-16,18-19,21-25,27-28,30-32,34,36-43,45,47-49,51-52,54-73H2,1-3H3/b11-8-,20-17-,29-26-,35-33-,46-44-,53-50-. The molecule has 0 aromatic carbocycles. The minimum atomic E-state index is -0.788. The summed E-state index contributed by atoms with van der Waals surface area (Å²) in [5, 5.41) is 0. The Morgan fingerprint density at radius 3 is 0.735 bits per heavy atom. The first-order chi connectivity index (χ1) is 41.0. The van der Waals surface area contributed by atoms with Gasteiger partial charge >= 0.3 is 17.9 Å². The third-order valence-corrected chi connectivity index (χ3v) is 16.2. The Labute approximate surface area is 516 Å². The smallest absolute Gasteiger partial charge is 0.306 e. The lowest BCUT2D eigenvalue weighted by Crippen LogP contribution is -2.30. The van der Waals surface area contributed by atoms with Crippen LogP contribution in [0, 0.1) is 0 Å². The molecular weight excluding hydrogens is 1020 g/mol. The number of carbonyl (C=O) groups excluding carboxylic acids is 3. The predicted octanol–water partition coefficient (Wildman–Crippen LogP) is 25.2. The van der Waals surface area contributed by atoms with Crippen LogP contribution in [0.5, 0.6) is 0 Å². The summed E-state index contributed by atoms with van der Waals surface area (Å²) in [7, 11) is 0. The van der Waals surface area contributed by atoms with Gasteiger partial charge in [-0.1, -0.05) is 363 Å². The number of rotatable bonds is 67. The number of carbonyl (C=O) groups is 3. The molecule has 482 valence electrons. The molecule has 0 saturated heterocycles. The summed E-state index contributed by atoms with van der Waals surface area (Å²) in [4.78, 5) is 38.5. The average Bonchev–Trinajstić information content (AvgIpc) is 3.49. The maximum absolute atomic E-state index is 13.0. The molecule has 0 aromatic heterocycles. The van der Waals surface area contributed by atoms with E-state index >= 15 is 0 Å². The number of hydrogen-bond donors (Lipinski definition) is 0. The fourth-order valence-electron chi connectivity index (χ4n) is 10.8. The molecule has 0 bridgehead atoms. The minimum absolute atomic E-state index is 0.0811. The first-order valence-corrected chi connectivity index (χ1v) is 36.4. The summed E-state index contributed by atoms with van der Waals surface area (Å²) >= 11 is 0. The first kappa shape index (κ1) is 79.8. The van der Waals surface area contributed by atoms with Crippen LogP contribution in [0.4, 0.5) is 0 Å². The van der Waals surface area contributed by atoms with Crippen LogP contribution >= 0.6 is 0 Å². The Kier molecular flexibility index (Phi) is 68.6. The van der Waals surface area contributed by atoms with Gasteiger partial charge in [0.1, 0.15) is 13.2 Å². The van der Waals surface area contributed by atoms with E-state index in [9.17, 15) is 14.4 Å². The average molecular weight is 1160 g/mol. The van der Waals surface area contributed by atoms with Crippen molar-refractivity contribution in [3.8, 4) is 0 Å². The third kappa shape index (κ3) is 69.5. The van der Waals surface area contributed by atoms with Crippen LogP contribution in [-0.2, 0) is 28.6 Å². The molecule has 0 spiro atoms. The number of unbranched alkanes of at least 4 members (excludes halogenated alkanes) is 44. The molecule has 1 atom stereocenters. The van der Waals surface area contributed by atoms with Crippen molar-refractivity contribution in [2.75, 3.05) is 13.2 Å². The fraction of sp³-hybridized carbons (Fsp3) is 0.805. The number of allylic oxidation sites excluding steroid dienone is 12. The molecule has 0 rings (SSSR count). The van der Waals surface area contributed by atoms with Crippen molar-refractivity contribution in [2.24, 2.45) is 0 Å². The topological polar surface area (TPSA) is 78.9 Å². The Morgan fingerprint density at radius 1 is 0.253 bits per heavy atom. The zero-order chi connectivity index (χ0) is 59.9. The van der Waals surface area contributed by atoms with Crippen LogP contribution in [0.1, 0.15) is 380 Å². The highest BCUT2D eigenvalue weighted by Crippen LogP contribution is 2.19. The molecular formula is C77H138O6. The lowest BCUT2D eigenvalue weighted by Gasteiger charge is -2.18. The van der Waals surface area contributed by atoms with E-state index in [1.165, 1.54) is 231 Å². The van der Waals surface area contributed by atoms with Gasteiger partial charge in [0.2, 0.25) is 0 Å². The Balaban J connectivity index is 4.28. The molecule has 0 fully saturated rings. The second-order valence-electron chi connectivity index (χ2n) is 24.5. The van der Waals surface area contributed by atoms with E-state index in [4.69, 9.17) is 14.2 Å². The van der Waals surface area contributed by atoms with E-state index in [2.05, 4.69) is 93.7 Å². The lowest BCUT2D eigenvalue weighted by atomic mass is 10.0. The minimum Gasteiger partial charge on any atom is -0.462 e. The van der Waals surface area contributed by atoms with Crippen LogP contribution in [0.3, 0.4) is 0 Å². The summed E-state index contributed by atoms with van der Waals surface area (Å²) in [6, 6.07) is 0. The quantitative estimate of drug-likeness (QED) is 0.0261. The van der Waals surface area contributed by atoms with Gasteiger partial charge in [0.25, 0.3) is 0 Å². The highest BCUT2D eigenvalue weighted by molar-refractivity contribution is 5.71. The van der Waals surface area contributed by atoms with Gasteiger partial charge in [-0.15, -0.1) is 0 Å². The predicted molar refractivity (Wildman–Crippen MR) is 362 cm³/mol. The lowest BCUT2D eigenvalue weighted by molar-refractivity contribution is -0.167. The van der Waals surface area contributed by atoms with E-state index in [-0.39, 0.29) is 31.1 Å². The first-order valence-electron chi connectivity index (χ1n) is 36.4. The van der Waals surface area contributed by atoms with Crippen LogP contribution in [0.15, 0.2) is 72.9 Å². The van der Waals surface area contributed by atoms with Gasteiger partial charge in [0.05, 0.1) is 0 Å². The molecule has 0 saturated carbocycles. The normalized spacial score (nSPS) is 12.5. The molecule has 0 radical (unpaired) electrons. The summed E-state index contributed by atoms with van der Waals surface area (Å²) in [6.07, 6.45) is 93.7.